The van der Waals surface area contributed by atoms with Crippen molar-refractivity contribution < 1.29 is 9.53 Å². The molecule has 0 aromatic heterocycles. The molecule has 15 heavy (non-hydrogen) atoms. The molecule has 84 valence electrons. The van der Waals surface area contributed by atoms with Crippen LogP contribution in [0.1, 0.15) is 12.8 Å². The number of hydrogen-bond donors (Lipinski definition) is 2. The number of fused-ring (bicyclic) bond motifs is 1. The Morgan fingerprint density at radius 1 is 1.67 bits per heavy atom. The molecular weight excluding hydrogens is 194 g/mol. The second kappa shape index (κ2) is 4.20. The highest BCUT2D eigenvalue weighted by Crippen LogP contribution is 2.26. The van der Waals surface area contributed by atoms with Gasteiger partial charge in [0, 0.05) is 20.2 Å². The van der Waals surface area contributed by atoms with Crippen LogP contribution < -0.4 is 11.1 Å². The molecule has 1 atom stereocenters. The molecule has 0 aromatic rings. The monoisotopic (exact) mass is 211 g/mol. The summed E-state index contributed by atoms with van der Waals surface area (Å²) in [7, 11) is 1.62. The largest absolute Gasteiger partial charge is 0.383 e. The number of ether oxygens (including phenoxy) is 1. The highest BCUT2D eigenvalue weighted by atomic mass is 16.5. The summed E-state index contributed by atoms with van der Waals surface area (Å²) in [5.41, 5.74) is 6.94. The summed E-state index contributed by atoms with van der Waals surface area (Å²) in [5.74, 6) is 1.08. The molecule has 3 N–H and O–H groups in total. The number of carbonyl (C=O) groups excluding carboxylic acids is 1. The molecule has 2 aliphatic rings. The minimum atomic E-state index is -0.176. The molecule has 0 aliphatic carbocycles. The van der Waals surface area contributed by atoms with E-state index in [9.17, 15) is 4.79 Å². The summed E-state index contributed by atoms with van der Waals surface area (Å²) in [5, 5.41) is 3.25. The maximum Gasteiger partial charge on any atom is 0.232 e. The van der Waals surface area contributed by atoms with E-state index in [0.717, 1.165) is 30.9 Å². The van der Waals surface area contributed by atoms with Gasteiger partial charge < -0.3 is 15.8 Å². The molecule has 5 heteroatoms. The third-order valence-corrected chi connectivity index (χ3v) is 2.86. The number of rotatable bonds is 3. The van der Waals surface area contributed by atoms with E-state index < -0.39 is 0 Å². The van der Waals surface area contributed by atoms with Crippen molar-refractivity contribution >= 4 is 5.91 Å². The Morgan fingerprint density at radius 2 is 2.47 bits per heavy atom. The Bertz CT molecular complexity index is 301. The number of amides is 1. The highest BCUT2D eigenvalue weighted by molar-refractivity contribution is 5.84. The first-order valence-corrected chi connectivity index (χ1v) is 5.26. The first kappa shape index (κ1) is 10.4. The van der Waals surface area contributed by atoms with E-state index in [1.165, 1.54) is 0 Å². The van der Waals surface area contributed by atoms with E-state index in [0.29, 0.717) is 13.0 Å². The average molecular weight is 211 g/mol. The molecule has 0 saturated carbocycles. The lowest BCUT2D eigenvalue weighted by atomic mass is 10.1. The van der Waals surface area contributed by atoms with E-state index in [1.54, 1.807) is 12.0 Å². The van der Waals surface area contributed by atoms with E-state index in [4.69, 9.17) is 10.5 Å². The number of hydrogen-bond acceptors (Lipinski definition) is 4. The third kappa shape index (κ3) is 1.85. The van der Waals surface area contributed by atoms with Crippen LogP contribution in [-0.2, 0) is 9.53 Å². The van der Waals surface area contributed by atoms with Crippen LogP contribution >= 0.6 is 0 Å². The van der Waals surface area contributed by atoms with Crippen LogP contribution in [0.3, 0.4) is 0 Å². The fourth-order valence-corrected chi connectivity index (χ4v) is 2.12. The lowest BCUT2D eigenvalue weighted by molar-refractivity contribution is -0.127. The molecule has 1 amide bonds. The standard InChI is InChI=1S/C10H17N3O2/c1-15-6-8(11)7-5-9(14)13-4-2-3-12-10(7)13/h8,12H,2-6,11H2,1H3. The van der Waals surface area contributed by atoms with Gasteiger partial charge in [-0.15, -0.1) is 0 Å². The first-order valence-electron chi connectivity index (χ1n) is 5.26. The van der Waals surface area contributed by atoms with Gasteiger partial charge in [-0.1, -0.05) is 0 Å². The van der Waals surface area contributed by atoms with Crippen LogP contribution in [0.15, 0.2) is 11.4 Å². The lowest BCUT2D eigenvalue weighted by Gasteiger charge is -2.27. The molecule has 1 saturated heterocycles. The van der Waals surface area contributed by atoms with E-state index in [2.05, 4.69) is 5.32 Å². The van der Waals surface area contributed by atoms with Gasteiger partial charge in [0.2, 0.25) is 5.91 Å². The smallest absolute Gasteiger partial charge is 0.232 e. The minimum absolute atomic E-state index is 0.152. The van der Waals surface area contributed by atoms with Gasteiger partial charge in [0.05, 0.1) is 19.1 Å². The molecule has 0 bridgehead atoms. The quantitative estimate of drug-likeness (QED) is 0.654. The number of nitrogens with two attached hydrogens (primary N) is 1. The van der Waals surface area contributed by atoms with E-state index in [-0.39, 0.29) is 11.9 Å². The van der Waals surface area contributed by atoms with Crippen LogP contribution in [0.4, 0.5) is 0 Å². The molecule has 2 heterocycles. The topological polar surface area (TPSA) is 67.6 Å². The van der Waals surface area contributed by atoms with Crippen molar-refractivity contribution in [1.82, 2.24) is 10.2 Å². The summed E-state index contributed by atoms with van der Waals surface area (Å²) >= 11 is 0. The summed E-state index contributed by atoms with van der Waals surface area (Å²) in [6.07, 6.45) is 1.44. The van der Waals surface area contributed by atoms with Gasteiger partial charge in [0.25, 0.3) is 0 Å². The lowest BCUT2D eigenvalue weighted by Crippen LogP contribution is -2.40. The Labute approximate surface area is 89.2 Å². The van der Waals surface area contributed by atoms with Crippen molar-refractivity contribution in [2.45, 2.75) is 18.9 Å². The molecule has 2 rings (SSSR count). The number of nitrogens with zero attached hydrogens (tertiary/aromatic N) is 1. The zero-order chi connectivity index (χ0) is 10.8. The normalized spacial score (nSPS) is 22.8. The van der Waals surface area contributed by atoms with Crippen molar-refractivity contribution in [3.63, 3.8) is 0 Å². The maximum atomic E-state index is 11.7. The minimum Gasteiger partial charge on any atom is -0.383 e. The Balaban J connectivity index is 2.18. The number of methoxy groups -OCH3 is 1. The van der Waals surface area contributed by atoms with Crippen LogP contribution in [0.5, 0.6) is 0 Å². The summed E-state index contributed by atoms with van der Waals surface area (Å²) in [4.78, 5) is 13.5. The van der Waals surface area contributed by atoms with Gasteiger partial charge >= 0.3 is 0 Å². The first-order chi connectivity index (χ1) is 7.24. The van der Waals surface area contributed by atoms with Crippen LogP contribution in [0.25, 0.3) is 0 Å². The molecule has 5 nitrogen and oxygen atoms in total. The molecule has 1 fully saturated rings. The van der Waals surface area contributed by atoms with Gasteiger partial charge in [0.15, 0.2) is 0 Å². The summed E-state index contributed by atoms with van der Waals surface area (Å²) in [6, 6.07) is -0.176. The van der Waals surface area contributed by atoms with Crippen LogP contribution in [-0.4, -0.2) is 43.7 Å². The Hall–Kier alpha value is -1.07. The predicted octanol–water partition coefficient (Wildman–Crippen LogP) is -0.603. The molecule has 0 radical (unpaired) electrons. The van der Waals surface area contributed by atoms with Gasteiger partial charge in [-0.2, -0.15) is 0 Å². The van der Waals surface area contributed by atoms with Crippen molar-refractivity contribution in [2.75, 3.05) is 26.8 Å². The Morgan fingerprint density at radius 3 is 3.20 bits per heavy atom. The van der Waals surface area contributed by atoms with Gasteiger partial charge in [0.1, 0.15) is 5.82 Å². The Kier molecular flexibility index (Phi) is 2.93. The molecule has 0 spiro atoms. The van der Waals surface area contributed by atoms with Crippen molar-refractivity contribution in [3.05, 3.63) is 11.4 Å². The maximum absolute atomic E-state index is 11.7. The zero-order valence-electron chi connectivity index (χ0n) is 8.95. The van der Waals surface area contributed by atoms with Crippen molar-refractivity contribution in [2.24, 2.45) is 5.73 Å². The molecule has 2 aliphatic heterocycles. The van der Waals surface area contributed by atoms with Gasteiger partial charge in [-0.25, -0.2) is 0 Å². The van der Waals surface area contributed by atoms with Crippen LogP contribution in [0.2, 0.25) is 0 Å². The van der Waals surface area contributed by atoms with Crippen molar-refractivity contribution in [3.8, 4) is 0 Å². The van der Waals surface area contributed by atoms with Gasteiger partial charge in [-0.3, -0.25) is 9.69 Å². The molecular formula is C10H17N3O2. The average Bonchev–Trinajstić information content (AvgIpc) is 2.58. The fourth-order valence-electron chi connectivity index (χ4n) is 2.12. The van der Waals surface area contributed by atoms with E-state index >= 15 is 0 Å². The zero-order valence-corrected chi connectivity index (χ0v) is 8.95. The third-order valence-electron chi connectivity index (χ3n) is 2.86. The number of carbonyl (C=O) groups is 1. The highest BCUT2D eigenvalue weighted by Gasteiger charge is 2.34. The van der Waals surface area contributed by atoms with Crippen LogP contribution in [0, 0.1) is 0 Å². The second-order valence-electron chi connectivity index (χ2n) is 3.94. The SMILES string of the molecule is COCC(N)C1=C2NCCCN2C(=O)C1. The second-order valence-corrected chi connectivity index (χ2v) is 3.94. The molecule has 1 unspecified atom stereocenters. The van der Waals surface area contributed by atoms with E-state index in [1.807, 2.05) is 0 Å². The van der Waals surface area contributed by atoms with Gasteiger partial charge in [-0.05, 0) is 12.0 Å². The number of nitrogens with one attached hydrogen (secondary N) is 1. The van der Waals surface area contributed by atoms with Crippen molar-refractivity contribution in [1.29, 1.82) is 0 Å². The molecule has 0 aromatic carbocycles. The summed E-state index contributed by atoms with van der Waals surface area (Å²) < 4.78 is 5.01. The fraction of sp³-hybridized carbons (Fsp3) is 0.700. The predicted molar refractivity (Wildman–Crippen MR) is 55.8 cm³/mol. The summed E-state index contributed by atoms with van der Waals surface area (Å²) in [6.45, 7) is 2.19.